The maximum absolute atomic E-state index is 12.1. The zero-order valence-electron chi connectivity index (χ0n) is 11.2. The Bertz CT molecular complexity index is 697. The minimum absolute atomic E-state index is 0.0848. The van der Waals surface area contributed by atoms with E-state index in [0.717, 1.165) is 21.7 Å². The number of pyridine rings is 1. The molecular weight excluding hydrogens is 254 g/mol. The van der Waals surface area contributed by atoms with Gasteiger partial charge in [-0.15, -0.1) is 11.8 Å². The second-order valence-corrected chi connectivity index (χ2v) is 5.46. The van der Waals surface area contributed by atoms with E-state index in [9.17, 15) is 4.79 Å². The Hall–Kier alpha value is -1.74. The van der Waals surface area contributed by atoms with E-state index in [1.54, 1.807) is 23.9 Å². The van der Waals surface area contributed by atoms with Crippen LogP contribution in [0.5, 0.6) is 0 Å². The standard InChI is InChI=1S/C16H17NOS/c1-4-7-12(2)11-19-16-10-15(18)13-8-5-6-9-14(13)17(16)3/h4-10H,1,11H2,2-3H3. The van der Waals surface area contributed by atoms with Crippen molar-refractivity contribution < 1.29 is 0 Å². The maximum atomic E-state index is 12.1. The van der Waals surface area contributed by atoms with Crippen LogP contribution in [0.25, 0.3) is 10.9 Å². The van der Waals surface area contributed by atoms with Crippen molar-refractivity contribution in [2.45, 2.75) is 11.9 Å². The summed E-state index contributed by atoms with van der Waals surface area (Å²) in [7, 11) is 2.00. The van der Waals surface area contributed by atoms with Crippen molar-refractivity contribution in [3.63, 3.8) is 0 Å². The number of thioether (sulfide) groups is 1. The molecule has 3 heteroatoms. The van der Waals surface area contributed by atoms with Crippen molar-refractivity contribution in [2.75, 3.05) is 5.75 Å². The van der Waals surface area contributed by atoms with E-state index in [1.807, 2.05) is 37.4 Å². The molecule has 0 radical (unpaired) electrons. The van der Waals surface area contributed by atoms with Crippen molar-refractivity contribution in [1.29, 1.82) is 0 Å². The molecule has 0 amide bonds. The molecule has 2 aromatic rings. The average Bonchev–Trinajstić information content (AvgIpc) is 2.42. The van der Waals surface area contributed by atoms with Crippen LogP contribution in [0.15, 0.2) is 64.5 Å². The molecule has 0 atom stereocenters. The summed E-state index contributed by atoms with van der Waals surface area (Å²) in [6.07, 6.45) is 3.78. The van der Waals surface area contributed by atoms with Crippen LogP contribution < -0.4 is 5.43 Å². The first-order valence-corrected chi connectivity index (χ1v) is 7.12. The van der Waals surface area contributed by atoms with Gasteiger partial charge in [-0.1, -0.05) is 36.4 Å². The Kier molecular flexibility index (Phi) is 4.27. The summed E-state index contributed by atoms with van der Waals surface area (Å²) in [5.74, 6) is 0.859. The second kappa shape index (κ2) is 5.93. The molecule has 0 bridgehead atoms. The lowest BCUT2D eigenvalue weighted by Gasteiger charge is -2.11. The SMILES string of the molecule is C=CC=C(C)CSc1cc(=O)c2ccccc2n1C. The van der Waals surface area contributed by atoms with Crippen molar-refractivity contribution in [2.24, 2.45) is 7.05 Å². The molecule has 19 heavy (non-hydrogen) atoms. The fourth-order valence-electron chi connectivity index (χ4n) is 1.96. The second-order valence-electron chi connectivity index (χ2n) is 4.46. The van der Waals surface area contributed by atoms with E-state index >= 15 is 0 Å². The lowest BCUT2D eigenvalue weighted by molar-refractivity contribution is 0.840. The number of aromatic nitrogens is 1. The first kappa shape index (κ1) is 13.7. The summed E-state index contributed by atoms with van der Waals surface area (Å²) in [4.78, 5) is 12.1. The molecule has 0 fully saturated rings. The molecule has 0 N–H and O–H groups in total. The van der Waals surface area contributed by atoms with Crippen molar-refractivity contribution >= 4 is 22.7 Å². The number of nitrogens with zero attached hydrogens (tertiary/aromatic N) is 1. The van der Waals surface area contributed by atoms with Crippen LogP contribution in [0.2, 0.25) is 0 Å². The van der Waals surface area contributed by atoms with Crippen LogP contribution in [0.3, 0.4) is 0 Å². The Labute approximate surface area is 117 Å². The van der Waals surface area contributed by atoms with Crippen LogP contribution in [-0.4, -0.2) is 10.3 Å². The van der Waals surface area contributed by atoms with Gasteiger partial charge in [0, 0.05) is 24.3 Å². The van der Waals surface area contributed by atoms with E-state index in [1.165, 1.54) is 5.57 Å². The highest BCUT2D eigenvalue weighted by Gasteiger charge is 2.06. The van der Waals surface area contributed by atoms with E-state index in [4.69, 9.17) is 0 Å². The number of rotatable bonds is 4. The lowest BCUT2D eigenvalue weighted by atomic mass is 10.2. The molecule has 1 aromatic heterocycles. The maximum Gasteiger partial charge on any atom is 0.190 e. The minimum atomic E-state index is 0.0848. The monoisotopic (exact) mass is 271 g/mol. The molecule has 0 saturated carbocycles. The minimum Gasteiger partial charge on any atom is -0.339 e. The van der Waals surface area contributed by atoms with E-state index < -0.39 is 0 Å². The predicted molar refractivity (Wildman–Crippen MR) is 83.9 cm³/mol. The highest BCUT2D eigenvalue weighted by molar-refractivity contribution is 7.99. The van der Waals surface area contributed by atoms with Gasteiger partial charge in [-0.05, 0) is 19.1 Å². The van der Waals surface area contributed by atoms with Gasteiger partial charge in [-0.2, -0.15) is 0 Å². The van der Waals surface area contributed by atoms with Crippen LogP contribution in [0.4, 0.5) is 0 Å². The molecule has 0 aliphatic rings. The highest BCUT2D eigenvalue weighted by atomic mass is 32.2. The van der Waals surface area contributed by atoms with Gasteiger partial charge < -0.3 is 4.57 Å². The summed E-state index contributed by atoms with van der Waals surface area (Å²) >= 11 is 1.67. The summed E-state index contributed by atoms with van der Waals surface area (Å²) in [5, 5.41) is 1.76. The van der Waals surface area contributed by atoms with E-state index in [0.29, 0.717) is 0 Å². The number of hydrogen-bond donors (Lipinski definition) is 0. The molecule has 98 valence electrons. The van der Waals surface area contributed by atoms with Gasteiger partial charge in [0.15, 0.2) is 5.43 Å². The molecule has 0 aliphatic carbocycles. The molecule has 0 unspecified atom stereocenters. The number of fused-ring (bicyclic) bond motifs is 1. The van der Waals surface area contributed by atoms with Crippen LogP contribution in [0.1, 0.15) is 6.92 Å². The summed E-state index contributed by atoms with van der Waals surface area (Å²) in [6, 6.07) is 9.42. The molecule has 0 spiro atoms. The lowest BCUT2D eigenvalue weighted by Crippen LogP contribution is -2.08. The Morgan fingerprint density at radius 3 is 2.89 bits per heavy atom. The van der Waals surface area contributed by atoms with Gasteiger partial charge in [-0.3, -0.25) is 4.79 Å². The van der Waals surface area contributed by atoms with Gasteiger partial charge in [0.2, 0.25) is 0 Å². The number of aryl methyl sites for hydroxylation is 1. The quantitative estimate of drug-likeness (QED) is 0.624. The summed E-state index contributed by atoms with van der Waals surface area (Å²) in [5.41, 5.74) is 2.30. The molecule has 0 saturated heterocycles. The highest BCUT2D eigenvalue weighted by Crippen LogP contribution is 2.22. The number of hydrogen-bond acceptors (Lipinski definition) is 2. The van der Waals surface area contributed by atoms with Crippen LogP contribution in [0, 0.1) is 0 Å². The smallest absolute Gasteiger partial charge is 0.190 e. The zero-order valence-corrected chi connectivity index (χ0v) is 12.0. The van der Waals surface area contributed by atoms with Crippen molar-refractivity contribution in [3.8, 4) is 0 Å². The van der Waals surface area contributed by atoms with Crippen molar-refractivity contribution in [1.82, 2.24) is 4.57 Å². The first-order valence-electron chi connectivity index (χ1n) is 6.13. The summed E-state index contributed by atoms with van der Waals surface area (Å²) in [6.45, 7) is 5.75. The average molecular weight is 271 g/mol. The normalized spacial score (nSPS) is 11.8. The Morgan fingerprint density at radius 2 is 2.16 bits per heavy atom. The Balaban J connectivity index is 2.40. The molecule has 1 heterocycles. The largest absolute Gasteiger partial charge is 0.339 e. The zero-order chi connectivity index (χ0) is 13.8. The third-order valence-corrected chi connectivity index (χ3v) is 4.25. The fraction of sp³-hybridized carbons (Fsp3) is 0.188. The van der Waals surface area contributed by atoms with Gasteiger partial charge in [0.25, 0.3) is 0 Å². The fourth-order valence-corrected chi connectivity index (χ4v) is 2.91. The van der Waals surface area contributed by atoms with Gasteiger partial charge in [-0.25, -0.2) is 0 Å². The summed E-state index contributed by atoms with van der Waals surface area (Å²) < 4.78 is 2.07. The first-order chi connectivity index (χ1) is 9.13. The predicted octanol–water partition coefficient (Wildman–Crippen LogP) is 3.76. The van der Waals surface area contributed by atoms with Crippen LogP contribution in [-0.2, 0) is 7.05 Å². The molecule has 0 aliphatic heterocycles. The topological polar surface area (TPSA) is 22.0 Å². The van der Waals surface area contributed by atoms with E-state index in [-0.39, 0.29) is 5.43 Å². The molecular formula is C16H17NOS. The molecule has 2 rings (SSSR count). The molecule has 2 nitrogen and oxygen atoms in total. The van der Waals surface area contributed by atoms with Crippen LogP contribution >= 0.6 is 11.8 Å². The van der Waals surface area contributed by atoms with Gasteiger partial charge >= 0.3 is 0 Å². The molecule has 1 aromatic carbocycles. The van der Waals surface area contributed by atoms with E-state index in [2.05, 4.69) is 18.1 Å². The van der Waals surface area contributed by atoms with Crippen molar-refractivity contribution in [3.05, 3.63) is 64.9 Å². The third-order valence-electron chi connectivity index (χ3n) is 2.97. The third kappa shape index (κ3) is 2.99. The number of para-hydroxylation sites is 1. The van der Waals surface area contributed by atoms with Gasteiger partial charge in [0.1, 0.15) is 0 Å². The van der Waals surface area contributed by atoms with Gasteiger partial charge in [0.05, 0.1) is 10.5 Å². The number of allylic oxidation sites excluding steroid dienone is 2. The number of benzene rings is 1. The Morgan fingerprint density at radius 1 is 1.42 bits per heavy atom.